The molecule has 1 aliphatic rings. The first kappa shape index (κ1) is 13.3. The Kier molecular flexibility index (Phi) is 2.96. The van der Waals surface area contributed by atoms with Crippen LogP contribution in [0.3, 0.4) is 0 Å². The summed E-state index contributed by atoms with van der Waals surface area (Å²) in [6, 6.07) is 0. The molecule has 0 spiro atoms. The molecule has 1 unspecified atom stereocenters. The normalized spacial score (nSPS) is 36.8. The van der Waals surface area contributed by atoms with E-state index in [0.717, 1.165) is 0 Å². The first-order valence-corrected chi connectivity index (χ1v) is 5.13. The van der Waals surface area contributed by atoms with Gasteiger partial charge in [0.25, 0.3) is 5.85 Å². The minimum absolute atomic E-state index is 0.365. The Hall–Kier alpha value is 0.200. The zero-order chi connectivity index (χ0) is 12.1. The molecule has 1 aliphatic heterocycles. The molecule has 90 valence electrons. The molecule has 0 amide bonds. The second-order valence-electron chi connectivity index (χ2n) is 2.94. The molecule has 0 radical (unpaired) electrons. The van der Waals surface area contributed by atoms with Gasteiger partial charge in [0, 0.05) is 10.8 Å². The van der Waals surface area contributed by atoms with Gasteiger partial charge in [0.2, 0.25) is 0 Å². The second-order valence-corrected chi connectivity index (χ2v) is 4.01. The highest BCUT2D eigenvalue weighted by atomic mass is 127. The second kappa shape index (κ2) is 3.34. The summed E-state index contributed by atoms with van der Waals surface area (Å²) < 4.78 is 90.7. The molecule has 0 N–H and O–H groups in total. The van der Waals surface area contributed by atoms with Crippen LogP contribution in [0.5, 0.6) is 0 Å². The van der Waals surface area contributed by atoms with E-state index in [4.69, 9.17) is 0 Å². The van der Waals surface area contributed by atoms with E-state index in [9.17, 15) is 30.7 Å². The highest BCUT2D eigenvalue weighted by molar-refractivity contribution is 14.1. The first-order chi connectivity index (χ1) is 6.52. The van der Waals surface area contributed by atoms with Crippen LogP contribution in [-0.2, 0) is 4.74 Å². The Labute approximate surface area is 93.1 Å². The van der Waals surface area contributed by atoms with Crippen LogP contribution >= 0.6 is 22.6 Å². The van der Waals surface area contributed by atoms with Crippen LogP contribution in [0.15, 0.2) is 0 Å². The Balaban J connectivity index is 3.18. The zero-order valence-electron chi connectivity index (χ0n) is 6.85. The standard InChI is InChI=1S/C6H4F7IO/c7-3(1-2-14)4(8,9)5(10,11)6(12,13)15-3/h1-2H2. The maximum absolute atomic E-state index is 13.1. The van der Waals surface area contributed by atoms with Gasteiger partial charge in [-0.1, -0.05) is 22.6 Å². The van der Waals surface area contributed by atoms with Crippen molar-refractivity contribution in [3.8, 4) is 0 Å². The summed E-state index contributed by atoms with van der Waals surface area (Å²) in [6.45, 7) is 0. The summed E-state index contributed by atoms with van der Waals surface area (Å²) in [4.78, 5) is 0. The summed E-state index contributed by atoms with van der Waals surface area (Å²) in [5.41, 5.74) is 0. The van der Waals surface area contributed by atoms with Gasteiger partial charge in [-0.15, -0.1) is 0 Å². The van der Waals surface area contributed by atoms with Crippen molar-refractivity contribution in [2.75, 3.05) is 4.43 Å². The average molecular weight is 352 g/mol. The van der Waals surface area contributed by atoms with E-state index in [1.807, 2.05) is 0 Å². The molecule has 1 saturated heterocycles. The summed E-state index contributed by atoms with van der Waals surface area (Å²) >= 11 is 1.38. The summed E-state index contributed by atoms with van der Waals surface area (Å²) in [5, 5.41) is 0. The number of rotatable bonds is 2. The summed E-state index contributed by atoms with van der Waals surface area (Å²) in [5.74, 6) is -15.7. The Morgan fingerprint density at radius 1 is 0.867 bits per heavy atom. The fraction of sp³-hybridized carbons (Fsp3) is 1.00. The number of ether oxygens (including phenoxy) is 1. The van der Waals surface area contributed by atoms with Crippen LogP contribution in [-0.4, -0.2) is 28.2 Å². The lowest BCUT2D eigenvalue weighted by molar-refractivity contribution is -0.337. The summed E-state index contributed by atoms with van der Waals surface area (Å²) in [6.07, 6.45) is -6.75. The molecule has 15 heavy (non-hydrogen) atoms. The Bertz CT molecular complexity index is 268. The molecule has 0 bridgehead atoms. The van der Waals surface area contributed by atoms with Gasteiger partial charge < -0.3 is 0 Å². The lowest BCUT2D eigenvalue weighted by atomic mass is 10.0. The van der Waals surface area contributed by atoms with Crippen molar-refractivity contribution in [1.82, 2.24) is 0 Å². The highest BCUT2D eigenvalue weighted by Crippen LogP contribution is 2.61. The van der Waals surface area contributed by atoms with Crippen molar-refractivity contribution in [2.24, 2.45) is 0 Å². The quantitative estimate of drug-likeness (QED) is 0.421. The van der Waals surface area contributed by atoms with E-state index >= 15 is 0 Å². The Morgan fingerprint density at radius 2 is 1.33 bits per heavy atom. The van der Waals surface area contributed by atoms with Crippen molar-refractivity contribution in [3.05, 3.63) is 0 Å². The minimum atomic E-state index is -5.85. The molecule has 0 saturated carbocycles. The Morgan fingerprint density at radius 3 is 1.60 bits per heavy atom. The molecule has 1 heterocycles. The lowest BCUT2D eigenvalue weighted by Gasteiger charge is -2.25. The molecule has 1 nitrogen and oxygen atoms in total. The number of hydrogen-bond donors (Lipinski definition) is 0. The van der Waals surface area contributed by atoms with Gasteiger partial charge in [0.05, 0.1) is 0 Å². The molecule has 9 heteroatoms. The number of hydrogen-bond acceptors (Lipinski definition) is 1. The van der Waals surface area contributed by atoms with Gasteiger partial charge in [-0.2, -0.15) is 26.3 Å². The fourth-order valence-electron chi connectivity index (χ4n) is 1.08. The third-order valence-corrected chi connectivity index (χ3v) is 2.47. The zero-order valence-corrected chi connectivity index (χ0v) is 9.00. The molecule has 0 aromatic rings. The van der Waals surface area contributed by atoms with Gasteiger partial charge in [-0.05, 0) is 0 Å². The van der Waals surface area contributed by atoms with Crippen molar-refractivity contribution in [2.45, 2.75) is 30.2 Å². The van der Waals surface area contributed by atoms with Crippen molar-refractivity contribution < 1.29 is 35.5 Å². The van der Waals surface area contributed by atoms with Crippen LogP contribution in [0, 0.1) is 0 Å². The van der Waals surface area contributed by atoms with Gasteiger partial charge in [0.15, 0.2) is 0 Å². The molecule has 1 atom stereocenters. The third kappa shape index (κ3) is 1.53. The van der Waals surface area contributed by atoms with E-state index in [0.29, 0.717) is 0 Å². The highest BCUT2D eigenvalue weighted by Gasteiger charge is 2.89. The molecular weight excluding hydrogens is 348 g/mol. The van der Waals surface area contributed by atoms with E-state index in [2.05, 4.69) is 4.74 Å². The molecule has 1 rings (SSSR count). The van der Waals surface area contributed by atoms with E-state index in [1.54, 1.807) is 0 Å². The molecule has 0 aromatic heterocycles. The first-order valence-electron chi connectivity index (χ1n) is 3.60. The van der Waals surface area contributed by atoms with Gasteiger partial charge in [-0.25, -0.2) is 4.39 Å². The molecular formula is C6H4F7IO. The van der Waals surface area contributed by atoms with Crippen molar-refractivity contribution in [1.29, 1.82) is 0 Å². The molecule has 1 fully saturated rings. The van der Waals surface area contributed by atoms with Gasteiger partial charge >= 0.3 is 18.0 Å². The van der Waals surface area contributed by atoms with E-state index in [1.165, 1.54) is 22.6 Å². The van der Waals surface area contributed by atoms with Gasteiger partial charge in [-0.3, -0.25) is 4.74 Å². The monoisotopic (exact) mass is 352 g/mol. The largest absolute Gasteiger partial charge is 0.428 e. The maximum Gasteiger partial charge on any atom is 0.428 e. The van der Waals surface area contributed by atoms with Crippen molar-refractivity contribution in [3.63, 3.8) is 0 Å². The predicted octanol–water partition coefficient (Wildman–Crippen LogP) is 3.37. The van der Waals surface area contributed by atoms with Crippen molar-refractivity contribution >= 4 is 22.6 Å². The molecule has 0 aliphatic carbocycles. The van der Waals surface area contributed by atoms with Gasteiger partial charge in [0.1, 0.15) is 0 Å². The predicted molar refractivity (Wildman–Crippen MR) is 43.3 cm³/mol. The van der Waals surface area contributed by atoms with Crippen LogP contribution < -0.4 is 0 Å². The topological polar surface area (TPSA) is 9.23 Å². The fourth-order valence-corrected chi connectivity index (χ4v) is 1.77. The summed E-state index contributed by atoms with van der Waals surface area (Å²) in [7, 11) is 0. The average Bonchev–Trinajstić information content (AvgIpc) is 2.09. The van der Waals surface area contributed by atoms with Crippen LogP contribution in [0.25, 0.3) is 0 Å². The smallest absolute Gasteiger partial charge is 0.272 e. The van der Waals surface area contributed by atoms with Crippen LogP contribution in [0.1, 0.15) is 6.42 Å². The van der Waals surface area contributed by atoms with Crippen LogP contribution in [0.2, 0.25) is 0 Å². The minimum Gasteiger partial charge on any atom is -0.272 e. The number of alkyl halides is 8. The lowest BCUT2D eigenvalue weighted by Crippen LogP contribution is -2.52. The maximum atomic E-state index is 13.1. The van der Waals surface area contributed by atoms with E-state index < -0.39 is 30.2 Å². The third-order valence-electron chi connectivity index (χ3n) is 1.93. The number of halogens is 8. The SMILES string of the molecule is FC1(F)OC(F)(CCI)C(F)(F)C1(F)F. The van der Waals surface area contributed by atoms with Crippen LogP contribution in [0.4, 0.5) is 30.7 Å². The molecule has 0 aromatic carbocycles. The van der Waals surface area contributed by atoms with E-state index in [-0.39, 0.29) is 4.43 Å².